The second-order valence-corrected chi connectivity index (χ2v) is 23.2. The van der Waals surface area contributed by atoms with E-state index in [4.69, 9.17) is 31.5 Å². The van der Waals surface area contributed by atoms with Crippen molar-refractivity contribution in [2.75, 3.05) is 96.9 Å². The van der Waals surface area contributed by atoms with Gasteiger partial charge in [0.15, 0.2) is 0 Å². The fraction of sp³-hybridized carbons (Fsp3) is 0.544. The van der Waals surface area contributed by atoms with Crippen LogP contribution >= 0.6 is 22.9 Å². The maximum atomic E-state index is 14.0. The molecule has 4 atom stereocenters. The average molecular weight is 1140 g/mol. The molecule has 2 aromatic carbocycles. The number of ether oxygens (including phenoxy) is 3. The number of aliphatic hydroxyl groups is 1. The Morgan fingerprint density at radius 2 is 1.54 bits per heavy atom. The third kappa shape index (κ3) is 16.1. The monoisotopic (exact) mass is 1140 g/mol. The van der Waals surface area contributed by atoms with E-state index in [1.54, 1.807) is 17.7 Å². The van der Waals surface area contributed by atoms with E-state index in [0.29, 0.717) is 83.3 Å². The lowest BCUT2D eigenvalue weighted by molar-refractivity contribution is -0.144. The first kappa shape index (κ1) is 60.0. The van der Waals surface area contributed by atoms with Gasteiger partial charge in [-0.25, -0.2) is 15.0 Å². The highest BCUT2D eigenvalue weighted by Crippen LogP contribution is 2.31. The number of aryl methyl sites for hydroxylation is 1. The Kier molecular flexibility index (Phi) is 21.0. The van der Waals surface area contributed by atoms with Crippen LogP contribution in [-0.4, -0.2) is 185 Å². The number of carbonyl (C=O) groups is 5. The van der Waals surface area contributed by atoms with Crippen molar-refractivity contribution in [2.45, 2.75) is 103 Å². The number of likely N-dealkylation sites (tertiary alicyclic amines) is 1. The van der Waals surface area contributed by atoms with Gasteiger partial charge in [-0.2, -0.15) is 0 Å². The molecule has 23 heteroatoms. The molecule has 5 aromatic rings. The number of hydrogen-bond acceptors (Lipinski definition) is 16. The maximum absolute atomic E-state index is 14.0. The number of carbonyl (C=O) groups excluding carboxylic acids is 5. The third-order valence-electron chi connectivity index (χ3n) is 15.2. The molecule has 6 heterocycles. The van der Waals surface area contributed by atoms with E-state index in [0.717, 1.165) is 44.1 Å². The van der Waals surface area contributed by atoms with Crippen LogP contribution in [0, 0.1) is 12.3 Å². The number of aromatic amines is 1. The molecule has 3 aliphatic heterocycles. The quantitative estimate of drug-likeness (QED) is 0.0444. The number of nitrogens with one attached hydrogen (secondary N) is 4. The summed E-state index contributed by atoms with van der Waals surface area (Å²) in [4.78, 5) is 92.7. The Labute approximate surface area is 476 Å². The number of nitrogens with two attached hydrogens (primary N) is 1. The van der Waals surface area contributed by atoms with Crippen LogP contribution in [0.4, 0.5) is 5.82 Å². The number of aromatic nitrogens is 4. The molecule has 8 rings (SSSR count). The summed E-state index contributed by atoms with van der Waals surface area (Å²) in [6.45, 7) is 13.7. The molecule has 3 aliphatic rings. The van der Waals surface area contributed by atoms with Crippen LogP contribution in [0.2, 0.25) is 5.02 Å². The highest BCUT2D eigenvalue weighted by atomic mass is 35.5. The molecule has 21 nitrogen and oxygen atoms in total. The zero-order valence-electron chi connectivity index (χ0n) is 46.3. The molecule has 3 saturated heterocycles. The Balaban J connectivity index is 0.668. The summed E-state index contributed by atoms with van der Waals surface area (Å²) in [6.07, 6.45) is 4.46. The second-order valence-electron chi connectivity index (χ2n) is 22.0. The Bertz CT molecular complexity index is 2850. The van der Waals surface area contributed by atoms with Crippen LogP contribution in [0.3, 0.4) is 0 Å². The van der Waals surface area contributed by atoms with Gasteiger partial charge in [0.05, 0.1) is 85.2 Å². The van der Waals surface area contributed by atoms with E-state index in [1.165, 1.54) is 4.90 Å². The number of thiazole rings is 1. The normalized spacial score (nSPS) is 18.5. The van der Waals surface area contributed by atoms with Gasteiger partial charge >= 0.3 is 0 Å². The lowest BCUT2D eigenvalue weighted by atomic mass is 9.85. The van der Waals surface area contributed by atoms with Crippen LogP contribution in [0.15, 0.2) is 72.6 Å². The van der Waals surface area contributed by atoms with E-state index in [2.05, 4.69) is 45.7 Å². The topological polar surface area (TPSA) is 263 Å². The first-order chi connectivity index (χ1) is 38.5. The molecule has 0 bridgehead atoms. The molecule has 432 valence electrons. The van der Waals surface area contributed by atoms with Crippen LogP contribution in [0.25, 0.3) is 21.5 Å². The minimum Gasteiger partial charge on any atom is -0.391 e. The summed E-state index contributed by atoms with van der Waals surface area (Å²) < 4.78 is 17.0. The van der Waals surface area contributed by atoms with Crippen molar-refractivity contribution in [3.05, 3.63) is 94.5 Å². The van der Waals surface area contributed by atoms with E-state index in [1.807, 2.05) is 98.9 Å². The SMILES string of the molecule is Cc1ncsc1-c1ccc(CNC(=O)[C@@H]2C[C@@H](O)CN2C(=O)[C@@H](NC(=O)CCOCCOCCOCCC(=O)N2CCN(CC[C@H](NC(=O)C3(N)CCN(c4ncnc5[nH]ccc45)CC3)c3ccc(Cl)cc3)CC2)C(C)(C)C)cc1. The molecule has 7 N–H and O–H groups in total. The Hall–Kier alpha value is -6.11. The number of halogens is 1. The number of benzene rings is 2. The molecular weight excluding hydrogens is 1060 g/mol. The van der Waals surface area contributed by atoms with Gasteiger partial charge in [0.25, 0.3) is 0 Å². The zero-order chi connectivity index (χ0) is 56.8. The van der Waals surface area contributed by atoms with Crippen molar-refractivity contribution in [3.63, 3.8) is 0 Å². The van der Waals surface area contributed by atoms with Gasteiger partial charge in [-0.3, -0.25) is 28.9 Å². The number of fused-ring (bicyclic) bond motifs is 1. The number of amides is 5. The van der Waals surface area contributed by atoms with Crippen molar-refractivity contribution >= 4 is 69.3 Å². The van der Waals surface area contributed by atoms with E-state index < -0.39 is 35.0 Å². The molecule has 3 aromatic heterocycles. The van der Waals surface area contributed by atoms with E-state index in [9.17, 15) is 29.1 Å². The summed E-state index contributed by atoms with van der Waals surface area (Å²) in [5.74, 6) is -0.503. The lowest BCUT2D eigenvalue weighted by Gasteiger charge is -2.39. The molecular formula is C57H77ClN12O9S. The number of rotatable bonds is 25. The minimum atomic E-state index is -1.03. The highest BCUT2D eigenvalue weighted by Gasteiger charge is 2.45. The molecule has 0 spiro atoms. The fourth-order valence-corrected chi connectivity index (χ4v) is 11.3. The summed E-state index contributed by atoms with van der Waals surface area (Å²) in [5, 5.41) is 21.2. The van der Waals surface area contributed by atoms with Gasteiger partial charge < -0.3 is 60.7 Å². The van der Waals surface area contributed by atoms with E-state index in [-0.39, 0.29) is 88.5 Å². The van der Waals surface area contributed by atoms with Gasteiger partial charge in [0.1, 0.15) is 29.9 Å². The largest absolute Gasteiger partial charge is 0.391 e. The lowest BCUT2D eigenvalue weighted by Crippen LogP contribution is -2.60. The predicted molar refractivity (Wildman–Crippen MR) is 306 cm³/mol. The average Bonchev–Trinajstić information content (AvgIpc) is 4.26. The predicted octanol–water partition coefficient (Wildman–Crippen LogP) is 4.37. The number of nitrogens with zero attached hydrogens (tertiary/aromatic N) is 7. The number of hydrogen-bond donors (Lipinski definition) is 6. The number of β-amino-alcohol motifs (C(OH)–C–C–N with tert-alkyl or cyclic N) is 1. The Morgan fingerprint density at radius 1 is 0.863 bits per heavy atom. The smallest absolute Gasteiger partial charge is 0.246 e. The molecule has 0 radical (unpaired) electrons. The van der Waals surface area contributed by atoms with Crippen molar-refractivity contribution in [1.82, 2.24) is 50.6 Å². The molecule has 0 saturated carbocycles. The number of anilines is 1. The van der Waals surface area contributed by atoms with Crippen LogP contribution in [0.5, 0.6) is 0 Å². The number of aliphatic hydroxyl groups excluding tert-OH is 1. The minimum absolute atomic E-state index is 0.00563. The van der Waals surface area contributed by atoms with Crippen molar-refractivity contribution in [1.29, 1.82) is 0 Å². The van der Waals surface area contributed by atoms with Crippen LogP contribution in [0.1, 0.15) is 82.2 Å². The van der Waals surface area contributed by atoms with Crippen molar-refractivity contribution < 1.29 is 43.3 Å². The Morgan fingerprint density at radius 3 is 2.20 bits per heavy atom. The van der Waals surface area contributed by atoms with Gasteiger partial charge in [0.2, 0.25) is 29.5 Å². The number of H-pyrrole nitrogens is 1. The number of piperazine rings is 1. The number of piperidine rings is 1. The van der Waals surface area contributed by atoms with Crippen LogP contribution in [-0.2, 0) is 44.7 Å². The van der Waals surface area contributed by atoms with Crippen LogP contribution < -0.4 is 26.6 Å². The third-order valence-corrected chi connectivity index (χ3v) is 16.4. The molecule has 5 amide bonds. The summed E-state index contributed by atoms with van der Waals surface area (Å²) in [5.41, 5.74) is 11.5. The van der Waals surface area contributed by atoms with Crippen molar-refractivity contribution in [3.8, 4) is 10.4 Å². The highest BCUT2D eigenvalue weighted by molar-refractivity contribution is 7.13. The van der Waals surface area contributed by atoms with Gasteiger partial charge in [-0.05, 0) is 66.5 Å². The maximum Gasteiger partial charge on any atom is 0.246 e. The van der Waals surface area contributed by atoms with Gasteiger partial charge in [-0.15, -0.1) is 11.3 Å². The summed E-state index contributed by atoms with van der Waals surface area (Å²) >= 11 is 7.81. The molecule has 3 fully saturated rings. The summed E-state index contributed by atoms with van der Waals surface area (Å²) in [7, 11) is 0. The van der Waals surface area contributed by atoms with Gasteiger partial charge in [-0.1, -0.05) is 68.8 Å². The zero-order valence-corrected chi connectivity index (χ0v) is 47.9. The standard InChI is InChI=1S/C57H77ClN12O9S/c1-38-49(80-37-64-38)41-7-5-39(6-8-41)34-61-53(74)46-33-43(71)35-70(46)54(75)50(56(2,3)4)66-47(72)15-27-77-29-31-79-32-30-78-28-16-48(73)68-25-23-67(24-26-68)20-14-45(40-9-11-42(58)12-10-40)65-55(76)57(59)17-21-69(22-18-57)52-44-13-19-60-51(44)62-36-63-52/h5-13,19,36-37,43,45-46,50,71H,14-18,20-35,59H2,1-4H3,(H,61,74)(H,65,76)(H,66,72)(H,60,62,63)/t43-,45+,46+,50-/m1/s1. The van der Waals surface area contributed by atoms with Gasteiger partial charge in [0, 0.05) is 83.0 Å². The summed E-state index contributed by atoms with van der Waals surface area (Å²) in [6, 6.07) is 15.2. The second kappa shape index (κ2) is 28.0. The molecule has 0 aliphatic carbocycles. The van der Waals surface area contributed by atoms with E-state index >= 15 is 0 Å². The fourth-order valence-electron chi connectivity index (χ4n) is 10.3. The molecule has 0 unspecified atom stereocenters. The first-order valence-electron chi connectivity index (χ1n) is 27.6. The first-order valence-corrected chi connectivity index (χ1v) is 28.9. The molecule has 80 heavy (non-hydrogen) atoms. The van der Waals surface area contributed by atoms with Crippen molar-refractivity contribution in [2.24, 2.45) is 11.1 Å².